The van der Waals surface area contributed by atoms with Gasteiger partial charge < -0.3 is 15.0 Å². The molecular weight excluding hydrogens is 276 g/mol. The normalized spacial score (nSPS) is 18.0. The molecule has 0 saturated heterocycles. The lowest BCUT2D eigenvalue weighted by Crippen LogP contribution is -2.23. The highest BCUT2D eigenvalue weighted by molar-refractivity contribution is 6.06. The second-order valence-electron chi connectivity index (χ2n) is 5.77. The first kappa shape index (κ1) is 13.5. The van der Waals surface area contributed by atoms with E-state index in [2.05, 4.69) is 22.5 Å². The number of imidazole rings is 1. The van der Waals surface area contributed by atoms with Gasteiger partial charge in [-0.05, 0) is 12.5 Å². The van der Waals surface area contributed by atoms with Gasteiger partial charge in [0.2, 0.25) is 0 Å². The fourth-order valence-corrected chi connectivity index (χ4v) is 3.32. The summed E-state index contributed by atoms with van der Waals surface area (Å²) in [4.78, 5) is 9.18. The lowest BCUT2D eigenvalue weighted by atomic mass is 10.1. The Morgan fingerprint density at radius 1 is 1.32 bits per heavy atom. The van der Waals surface area contributed by atoms with Crippen molar-refractivity contribution >= 4 is 27.8 Å². The number of hydrogen-bond acceptors (Lipinski definition) is 4. The van der Waals surface area contributed by atoms with Gasteiger partial charge in [0.1, 0.15) is 17.9 Å². The smallest absolute Gasteiger partial charge is 0.152 e. The van der Waals surface area contributed by atoms with Crippen molar-refractivity contribution in [2.75, 3.05) is 12.3 Å². The van der Waals surface area contributed by atoms with Gasteiger partial charge in [0.05, 0.1) is 23.7 Å². The molecule has 1 aliphatic heterocycles. The maximum absolute atomic E-state index is 6.14. The van der Waals surface area contributed by atoms with Gasteiger partial charge in [-0.2, -0.15) is 0 Å². The highest BCUT2D eigenvalue weighted by Crippen LogP contribution is 2.34. The van der Waals surface area contributed by atoms with Crippen molar-refractivity contribution in [3.05, 3.63) is 37.0 Å². The van der Waals surface area contributed by atoms with E-state index in [0.717, 1.165) is 53.6 Å². The summed E-state index contributed by atoms with van der Waals surface area (Å²) < 4.78 is 8.04. The van der Waals surface area contributed by atoms with Crippen molar-refractivity contribution in [1.29, 1.82) is 0 Å². The van der Waals surface area contributed by atoms with Crippen LogP contribution in [0.2, 0.25) is 0 Å². The maximum atomic E-state index is 6.14. The van der Waals surface area contributed by atoms with E-state index in [1.54, 1.807) is 0 Å². The number of ether oxygens (including phenoxy) is 1. The number of para-hydroxylation sites is 1. The minimum atomic E-state index is 0.292. The number of unbranched alkanes of at least 4 members (excludes halogenated alkanes) is 1. The van der Waals surface area contributed by atoms with Crippen molar-refractivity contribution in [2.24, 2.45) is 0 Å². The van der Waals surface area contributed by atoms with E-state index in [-0.39, 0.29) is 0 Å². The number of benzene rings is 1. The third kappa shape index (κ3) is 1.96. The number of aromatic nitrogens is 3. The number of rotatable bonds is 3. The largest absolute Gasteiger partial charge is 0.382 e. The van der Waals surface area contributed by atoms with E-state index in [4.69, 9.17) is 15.5 Å². The standard InChI is InChI=1S/C17H19N4O/c1-2-3-6-11-9-22-10-14-20-15-16(21(11)14)12-7-4-5-8-13(12)19-17(15)18/h4-5,7-8,11H,1-3,6,9-10H2,(H2,18,19)/t11-/m0/s1. The highest BCUT2D eigenvalue weighted by atomic mass is 16.5. The minimum absolute atomic E-state index is 0.292. The van der Waals surface area contributed by atoms with Crippen LogP contribution >= 0.6 is 0 Å². The molecule has 0 saturated carbocycles. The predicted molar refractivity (Wildman–Crippen MR) is 87.3 cm³/mol. The second kappa shape index (κ2) is 5.25. The number of nitrogen functional groups attached to an aromatic ring is 1. The monoisotopic (exact) mass is 295 g/mol. The van der Waals surface area contributed by atoms with Gasteiger partial charge in [-0.25, -0.2) is 9.97 Å². The van der Waals surface area contributed by atoms with Gasteiger partial charge in [-0.3, -0.25) is 0 Å². The molecule has 1 aromatic carbocycles. The van der Waals surface area contributed by atoms with Crippen LogP contribution in [0.1, 0.15) is 31.1 Å². The molecule has 4 rings (SSSR count). The molecule has 0 amide bonds. The van der Waals surface area contributed by atoms with Gasteiger partial charge in [-0.1, -0.05) is 38.0 Å². The zero-order valence-electron chi connectivity index (χ0n) is 12.5. The summed E-state index contributed by atoms with van der Waals surface area (Å²) in [6.45, 7) is 5.19. The van der Waals surface area contributed by atoms with E-state index in [1.165, 1.54) is 0 Å². The summed E-state index contributed by atoms with van der Waals surface area (Å²) in [6.07, 6.45) is 3.05. The molecule has 3 heterocycles. The van der Waals surface area contributed by atoms with E-state index < -0.39 is 0 Å². The van der Waals surface area contributed by atoms with Gasteiger partial charge in [0.15, 0.2) is 5.82 Å². The maximum Gasteiger partial charge on any atom is 0.152 e. The van der Waals surface area contributed by atoms with E-state index in [1.807, 2.05) is 18.2 Å². The summed E-state index contributed by atoms with van der Waals surface area (Å²) in [5, 5.41) is 1.10. The molecule has 1 atom stereocenters. The van der Waals surface area contributed by atoms with Gasteiger partial charge in [0, 0.05) is 5.39 Å². The third-order valence-corrected chi connectivity index (χ3v) is 4.32. The Balaban J connectivity index is 2.02. The summed E-state index contributed by atoms with van der Waals surface area (Å²) in [7, 11) is 0. The number of nitrogens with zero attached hydrogens (tertiary/aromatic N) is 3. The average Bonchev–Trinajstić information content (AvgIpc) is 2.94. The lowest BCUT2D eigenvalue weighted by molar-refractivity contribution is 0.0534. The van der Waals surface area contributed by atoms with Crippen LogP contribution in [0.5, 0.6) is 0 Å². The van der Waals surface area contributed by atoms with Crippen LogP contribution in [-0.4, -0.2) is 21.1 Å². The first-order chi connectivity index (χ1) is 10.8. The van der Waals surface area contributed by atoms with Gasteiger partial charge in [0.25, 0.3) is 0 Å². The Morgan fingerprint density at radius 2 is 2.18 bits per heavy atom. The van der Waals surface area contributed by atoms with Crippen molar-refractivity contribution in [3.8, 4) is 0 Å². The number of fused-ring (bicyclic) bond motifs is 5. The molecule has 1 radical (unpaired) electrons. The van der Waals surface area contributed by atoms with Gasteiger partial charge >= 0.3 is 0 Å². The van der Waals surface area contributed by atoms with Gasteiger partial charge in [-0.15, -0.1) is 0 Å². The van der Waals surface area contributed by atoms with Crippen LogP contribution in [0.25, 0.3) is 21.9 Å². The third-order valence-electron chi connectivity index (χ3n) is 4.32. The Kier molecular flexibility index (Phi) is 3.22. The molecule has 113 valence electrons. The van der Waals surface area contributed by atoms with Crippen LogP contribution in [-0.2, 0) is 11.3 Å². The molecule has 0 unspecified atom stereocenters. The fraction of sp³-hybridized carbons (Fsp3) is 0.353. The van der Waals surface area contributed by atoms with Crippen LogP contribution in [0.4, 0.5) is 5.82 Å². The Morgan fingerprint density at radius 3 is 3.05 bits per heavy atom. The average molecular weight is 295 g/mol. The number of nitrogens with two attached hydrogens (primary N) is 1. The summed E-state index contributed by atoms with van der Waals surface area (Å²) in [5.74, 6) is 1.44. The SMILES string of the molecule is [CH2]CCC[C@H]1COCc2nc3c(N)nc4ccccc4c3n21. The van der Waals surface area contributed by atoms with Crippen molar-refractivity contribution < 1.29 is 4.74 Å². The molecule has 0 fully saturated rings. The minimum Gasteiger partial charge on any atom is -0.382 e. The number of anilines is 1. The predicted octanol–water partition coefficient (Wildman–Crippen LogP) is 3.24. The highest BCUT2D eigenvalue weighted by Gasteiger charge is 2.26. The lowest BCUT2D eigenvalue weighted by Gasteiger charge is -2.26. The second-order valence-corrected chi connectivity index (χ2v) is 5.77. The Hall–Kier alpha value is -2.14. The van der Waals surface area contributed by atoms with Crippen molar-refractivity contribution in [3.63, 3.8) is 0 Å². The molecule has 5 heteroatoms. The van der Waals surface area contributed by atoms with E-state index in [0.29, 0.717) is 18.5 Å². The zero-order valence-corrected chi connectivity index (χ0v) is 12.5. The summed E-state index contributed by atoms with van der Waals surface area (Å²) >= 11 is 0. The molecule has 2 aromatic heterocycles. The summed E-state index contributed by atoms with van der Waals surface area (Å²) in [6, 6.07) is 8.39. The van der Waals surface area contributed by atoms with E-state index in [9.17, 15) is 0 Å². The van der Waals surface area contributed by atoms with E-state index >= 15 is 0 Å². The molecule has 3 aromatic rings. The van der Waals surface area contributed by atoms with Crippen molar-refractivity contribution in [1.82, 2.24) is 14.5 Å². The molecule has 0 bridgehead atoms. The summed E-state index contributed by atoms with van der Waals surface area (Å²) in [5.41, 5.74) is 8.94. The molecule has 5 nitrogen and oxygen atoms in total. The topological polar surface area (TPSA) is 66.0 Å². The number of hydrogen-bond donors (Lipinski definition) is 1. The number of pyridine rings is 1. The first-order valence-electron chi connectivity index (χ1n) is 7.71. The molecular formula is C17H19N4O. The Labute approximate surface area is 129 Å². The molecule has 2 N–H and O–H groups in total. The zero-order chi connectivity index (χ0) is 15.1. The quantitative estimate of drug-likeness (QED) is 0.805. The molecule has 22 heavy (non-hydrogen) atoms. The molecule has 0 spiro atoms. The first-order valence-corrected chi connectivity index (χ1v) is 7.71. The van der Waals surface area contributed by atoms with Crippen LogP contribution in [0.3, 0.4) is 0 Å². The fourth-order valence-electron chi connectivity index (χ4n) is 3.32. The molecule has 1 aliphatic rings. The Bertz CT molecular complexity index is 839. The van der Waals surface area contributed by atoms with Crippen LogP contribution in [0.15, 0.2) is 24.3 Å². The van der Waals surface area contributed by atoms with Crippen LogP contribution < -0.4 is 5.73 Å². The van der Waals surface area contributed by atoms with Crippen LogP contribution in [0, 0.1) is 6.92 Å². The van der Waals surface area contributed by atoms with Crippen molar-refractivity contribution in [2.45, 2.75) is 31.9 Å². The molecule has 0 aliphatic carbocycles.